The molecular weight excluding hydrogens is 180 g/mol. The molecule has 0 bridgehead atoms. The zero-order valence-electron chi connectivity index (χ0n) is 8.45. The van der Waals surface area contributed by atoms with Gasteiger partial charge in [-0.05, 0) is 18.8 Å². The van der Waals surface area contributed by atoms with E-state index in [1.807, 2.05) is 0 Å². The fourth-order valence-electron chi connectivity index (χ4n) is 2.48. The van der Waals surface area contributed by atoms with E-state index in [0.717, 1.165) is 6.42 Å². The van der Waals surface area contributed by atoms with E-state index in [-0.39, 0.29) is 24.5 Å². The molecular formula is C10H16N2O2. The van der Waals surface area contributed by atoms with Crippen molar-refractivity contribution in [3.05, 3.63) is 0 Å². The van der Waals surface area contributed by atoms with E-state index in [1.165, 1.54) is 19.3 Å². The van der Waals surface area contributed by atoms with Gasteiger partial charge in [-0.2, -0.15) is 0 Å². The molecule has 0 aromatic carbocycles. The van der Waals surface area contributed by atoms with E-state index < -0.39 is 0 Å². The third kappa shape index (κ3) is 1.61. The molecule has 2 unspecified atom stereocenters. The fourth-order valence-corrected chi connectivity index (χ4v) is 2.48. The largest absolute Gasteiger partial charge is 0.324 e. The maximum absolute atomic E-state index is 11.4. The van der Waals surface area contributed by atoms with Gasteiger partial charge in [0.05, 0.1) is 0 Å². The average molecular weight is 196 g/mol. The Morgan fingerprint density at radius 1 is 1.29 bits per heavy atom. The normalized spacial score (nSPS) is 33.4. The minimum Gasteiger partial charge on any atom is -0.312 e. The van der Waals surface area contributed by atoms with Crippen molar-refractivity contribution in [2.75, 3.05) is 6.54 Å². The molecule has 0 spiro atoms. The average Bonchev–Trinajstić information content (AvgIpc) is 2.46. The molecule has 1 aliphatic carbocycles. The number of urea groups is 1. The second-order valence-corrected chi connectivity index (χ2v) is 4.31. The van der Waals surface area contributed by atoms with Crippen LogP contribution < -0.4 is 5.32 Å². The van der Waals surface area contributed by atoms with Gasteiger partial charge in [-0.1, -0.05) is 19.8 Å². The van der Waals surface area contributed by atoms with Crippen molar-refractivity contribution < 1.29 is 9.59 Å². The number of nitrogens with zero attached hydrogens (tertiary/aromatic N) is 1. The number of imide groups is 1. The summed E-state index contributed by atoms with van der Waals surface area (Å²) in [5.74, 6) is 0.369. The second kappa shape index (κ2) is 3.59. The van der Waals surface area contributed by atoms with Crippen LogP contribution in [0.25, 0.3) is 0 Å². The van der Waals surface area contributed by atoms with Crippen LogP contribution in [0.5, 0.6) is 0 Å². The highest BCUT2D eigenvalue weighted by Gasteiger charge is 2.36. The summed E-state index contributed by atoms with van der Waals surface area (Å²) in [5, 5.41) is 2.33. The van der Waals surface area contributed by atoms with E-state index >= 15 is 0 Å². The summed E-state index contributed by atoms with van der Waals surface area (Å²) in [6, 6.07) is 0.0731. The molecule has 0 aromatic heterocycles. The number of amides is 3. The van der Waals surface area contributed by atoms with Gasteiger partial charge in [-0.3, -0.25) is 10.1 Å². The van der Waals surface area contributed by atoms with Gasteiger partial charge in [0.25, 0.3) is 0 Å². The van der Waals surface area contributed by atoms with Crippen LogP contribution in [0.3, 0.4) is 0 Å². The summed E-state index contributed by atoms with van der Waals surface area (Å²) in [7, 11) is 0. The summed E-state index contributed by atoms with van der Waals surface area (Å²) in [5.41, 5.74) is 0. The molecule has 2 rings (SSSR count). The monoisotopic (exact) mass is 196 g/mol. The Balaban J connectivity index is 2.06. The molecule has 3 amide bonds. The number of hydrogen-bond acceptors (Lipinski definition) is 2. The molecule has 2 atom stereocenters. The molecule has 2 aliphatic rings. The summed E-state index contributed by atoms with van der Waals surface area (Å²) in [6.45, 7) is 2.42. The van der Waals surface area contributed by atoms with Crippen molar-refractivity contribution in [1.29, 1.82) is 0 Å². The zero-order valence-corrected chi connectivity index (χ0v) is 8.45. The lowest BCUT2D eigenvalue weighted by molar-refractivity contribution is -0.118. The predicted octanol–water partition coefficient (Wildman–Crippen LogP) is 1.12. The number of rotatable bonds is 1. The van der Waals surface area contributed by atoms with E-state index in [4.69, 9.17) is 0 Å². The molecule has 0 aromatic rings. The van der Waals surface area contributed by atoms with E-state index in [9.17, 15) is 9.59 Å². The topological polar surface area (TPSA) is 49.4 Å². The highest BCUT2D eigenvalue weighted by Crippen LogP contribution is 2.28. The Kier molecular flexibility index (Phi) is 2.44. The zero-order chi connectivity index (χ0) is 10.1. The molecule has 2 fully saturated rings. The van der Waals surface area contributed by atoms with Gasteiger partial charge in [-0.25, -0.2) is 4.79 Å². The van der Waals surface area contributed by atoms with Crippen molar-refractivity contribution in [2.45, 2.75) is 38.6 Å². The van der Waals surface area contributed by atoms with Crippen molar-refractivity contribution in [1.82, 2.24) is 10.2 Å². The molecule has 0 radical (unpaired) electrons. The third-order valence-corrected chi connectivity index (χ3v) is 3.29. The first-order valence-corrected chi connectivity index (χ1v) is 5.29. The van der Waals surface area contributed by atoms with Crippen molar-refractivity contribution >= 4 is 11.9 Å². The summed E-state index contributed by atoms with van der Waals surface area (Å²) >= 11 is 0. The molecule has 1 aliphatic heterocycles. The van der Waals surface area contributed by atoms with Crippen molar-refractivity contribution in [3.8, 4) is 0 Å². The van der Waals surface area contributed by atoms with Crippen molar-refractivity contribution in [2.24, 2.45) is 5.92 Å². The van der Waals surface area contributed by atoms with Crippen LogP contribution in [0.15, 0.2) is 0 Å². The highest BCUT2D eigenvalue weighted by atomic mass is 16.2. The Morgan fingerprint density at radius 3 is 2.57 bits per heavy atom. The molecule has 1 heterocycles. The number of hydrogen-bond donors (Lipinski definition) is 1. The lowest BCUT2D eigenvalue weighted by Crippen LogP contribution is -2.43. The fraction of sp³-hybridized carbons (Fsp3) is 0.800. The first kappa shape index (κ1) is 9.49. The van der Waals surface area contributed by atoms with Crippen molar-refractivity contribution in [3.63, 3.8) is 0 Å². The SMILES string of the molecule is CC1CCCCC1N1CC(=O)NC1=O. The lowest BCUT2D eigenvalue weighted by atomic mass is 9.85. The van der Waals surface area contributed by atoms with Crippen LogP contribution in [0.2, 0.25) is 0 Å². The van der Waals surface area contributed by atoms with Gasteiger partial charge in [0.2, 0.25) is 5.91 Å². The molecule has 14 heavy (non-hydrogen) atoms. The maximum Gasteiger partial charge on any atom is 0.324 e. The predicted molar refractivity (Wildman–Crippen MR) is 51.7 cm³/mol. The quantitative estimate of drug-likeness (QED) is 0.639. The number of carbonyl (C=O) groups excluding carboxylic acids is 2. The molecule has 1 saturated carbocycles. The second-order valence-electron chi connectivity index (χ2n) is 4.31. The van der Waals surface area contributed by atoms with Crippen LogP contribution in [-0.2, 0) is 4.79 Å². The summed E-state index contributed by atoms with van der Waals surface area (Å²) in [6.07, 6.45) is 4.64. The lowest BCUT2D eigenvalue weighted by Gasteiger charge is -2.34. The molecule has 1 N–H and O–H groups in total. The molecule has 4 heteroatoms. The summed E-state index contributed by atoms with van der Waals surface area (Å²) < 4.78 is 0. The Hall–Kier alpha value is -1.06. The van der Waals surface area contributed by atoms with Gasteiger partial charge >= 0.3 is 6.03 Å². The third-order valence-electron chi connectivity index (χ3n) is 3.29. The highest BCUT2D eigenvalue weighted by molar-refractivity contribution is 6.02. The van der Waals surface area contributed by atoms with Crippen LogP contribution >= 0.6 is 0 Å². The smallest absolute Gasteiger partial charge is 0.312 e. The van der Waals surface area contributed by atoms with Gasteiger partial charge in [-0.15, -0.1) is 0 Å². The first-order chi connectivity index (χ1) is 6.68. The van der Waals surface area contributed by atoms with Crippen LogP contribution in [0.4, 0.5) is 4.79 Å². The Bertz CT molecular complexity index is 265. The first-order valence-electron chi connectivity index (χ1n) is 5.29. The minimum atomic E-state index is -0.200. The van der Waals surface area contributed by atoms with Gasteiger partial charge < -0.3 is 4.90 Å². The molecule has 4 nitrogen and oxygen atoms in total. The Labute approximate surface area is 83.6 Å². The van der Waals surface area contributed by atoms with Crippen LogP contribution in [0.1, 0.15) is 32.6 Å². The van der Waals surface area contributed by atoms with Crippen LogP contribution in [-0.4, -0.2) is 29.4 Å². The number of carbonyl (C=O) groups is 2. The molecule has 78 valence electrons. The summed E-state index contributed by atoms with van der Waals surface area (Å²) in [4.78, 5) is 24.2. The van der Waals surface area contributed by atoms with Crippen LogP contribution in [0, 0.1) is 5.92 Å². The standard InChI is InChI=1S/C10H16N2O2/c1-7-4-2-3-5-8(7)12-6-9(13)11-10(12)14/h7-8H,2-6H2,1H3,(H,11,13,14). The number of nitrogens with one attached hydrogen (secondary N) is 1. The maximum atomic E-state index is 11.4. The Morgan fingerprint density at radius 2 is 2.00 bits per heavy atom. The minimum absolute atomic E-state index is 0.159. The van der Waals surface area contributed by atoms with E-state index in [0.29, 0.717) is 5.92 Å². The van der Waals surface area contributed by atoms with Gasteiger partial charge in [0, 0.05) is 6.04 Å². The van der Waals surface area contributed by atoms with E-state index in [1.54, 1.807) is 4.90 Å². The van der Waals surface area contributed by atoms with Gasteiger partial charge in [0.1, 0.15) is 6.54 Å². The van der Waals surface area contributed by atoms with E-state index in [2.05, 4.69) is 12.2 Å². The molecule has 1 saturated heterocycles. The van der Waals surface area contributed by atoms with Gasteiger partial charge in [0.15, 0.2) is 0 Å².